The minimum Gasteiger partial charge on any atom is -0.306 e. The fraction of sp³-hybridized carbons (Fsp3) is 0.333. The molecule has 2 aromatic carbocycles. The number of halogens is 1. The molecule has 2 heteroatoms. The van der Waals surface area contributed by atoms with Gasteiger partial charge in [-0.15, -0.1) is 0 Å². The van der Waals surface area contributed by atoms with Crippen LogP contribution >= 0.6 is 15.9 Å². The third kappa shape index (κ3) is 3.50. The van der Waals surface area contributed by atoms with Crippen LogP contribution < -0.4 is 5.32 Å². The van der Waals surface area contributed by atoms with Gasteiger partial charge in [0.1, 0.15) is 0 Å². The first-order valence-corrected chi connectivity index (χ1v) is 7.97. The Balaban J connectivity index is 2.41. The summed E-state index contributed by atoms with van der Waals surface area (Å²) in [5.74, 6) is 0. The van der Waals surface area contributed by atoms with Gasteiger partial charge in [0.15, 0.2) is 0 Å². The fourth-order valence-corrected chi connectivity index (χ4v) is 2.86. The van der Waals surface area contributed by atoms with E-state index in [2.05, 4.69) is 84.5 Å². The molecule has 106 valence electrons. The second-order valence-electron chi connectivity index (χ2n) is 5.25. The summed E-state index contributed by atoms with van der Waals surface area (Å²) in [5, 5.41) is 3.66. The molecule has 0 radical (unpaired) electrons. The molecule has 0 fully saturated rings. The highest BCUT2D eigenvalue weighted by Crippen LogP contribution is 2.29. The van der Waals surface area contributed by atoms with Crippen molar-refractivity contribution in [3.8, 4) is 0 Å². The van der Waals surface area contributed by atoms with Gasteiger partial charge in [-0.2, -0.15) is 0 Å². The lowest BCUT2D eigenvalue weighted by Crippen LogP contribution is -2.23. The molecule has 1 N–H and O–H groups in total. The van der Waals surface area contributed by atoms with Crippen molar-refractivity contribution in [2.45, 2.75) is 33.2 Å². The summed E-state index contributed by atoms with van der Waals surface area (Å²) < 4.78 is 1.16. The third-order valence-corrected chi connectivity index (χ3v) is 4.40. The van der Waals surface area contributed by atoms with Gasteiger partial charge in [-0.05, 0) is 55.1 Å². The third-order valence-electron chi connectivity index (χ3n) is 3.68. The SMILES string of the molecule is CCCNC(c1ccc(C)c(C)c1)c1ccccc1Br. The van der Waals surface area contributed by atoms with Crippen LogP contribution in [0.25, 0.3) is 0 Å². The zero-order valence-electron chi connectivity index (χ0n) is 12.4. The summed E-state index contributed by atoms with van der Waals surface area (Å²) in [4.78, 5) is 0. The molecule has 0 amide bonds. The van der Waals surface area contributed by atoms with Crippen molar-refractivity contribution in [1.82, 2.24) is 5.32 Å². The fourth-order valence-electron chi connectivity index (χ4n) is 2.35. The van der Waals surface area contributed by atoms with Crippen LogP contribution in [-0.4, -0.2) is 6.54 Å². The molecule has 1 atom stereocenters. The molecular formula is C18H22BrN. The van der Waals surface area contributed by atoms with Crippen LogP contribution in [-0.2, 0) is 0 Å². The Morgan fingerprint density at radius 2 is 1.80 bits per heavy atom. The topological polar surface area (TPSA) is 12.0 Å². The first-order valence-electron chi connectivity index (χ1n) is 7.18. The van der Waals surface area contributed by atoms with Crippen LogP contribution in [0.4, 0.5) is 0 Å². The maximum Gasteiger partial charge on any atom is 0.0587 e. The lowest BCUT2D eigenvalue weighted by molar-refractivity contribution is 0.596. The summed E-state index contributed by atoms with van der Waals surface area (Å²) in [6.07, 6.45) is 1.13. The van der Waals surface area contributed by atoms with Crippen molar-refractivity contribution in [1.29, 1.82) is 0 Å². The summed E-state index contributed by atoms with van der Waals surface area (Å²) in [6.45, 7) is 7.55. The van der Waals surface area contributed by atoms with Gasteiger partial charge in [-0.25, -0.2) is 0 Å². The summed E-state index contributed by atoms with van der Waals surface area (Å²) >= 11 is 3.68. The molecule has 0 heterocycles. The van der Waals surface area contributed by atoms with Crippen LogP contribution in [0.1, 0.15) is 41.6 Å². The number of hydrogen-bond acceptors (Lipinski definition) is 1. The highest BCUT2D eigenvalue weighted by Gasteiger charge is 2.16. The molecule has 2 rings (SSSR count). The molecule has 1 nitrogen and oxygen atoms in total. The van der Waals surface area contributed by atoms with Gasteiger partial charge in [0.05, 0.1) is 6.04 Å². The molecule has 0 bridgehead atoms. The van der Waals surface area contributed by atoms with Crippen LogP contribution in [0.2, 0.25) is 0 Å². The highest BCUT2D eigenvalue weighted by molar-refractivity contribution is 9.10. The standard InChI is InChI=1S/C18H22BrN/c1-4-11-20-18(16-7-5-6-8-17(16)19)15-10-9-13(2)14(3)12-15/h5-10,12,18,20H,4,11H2,1-3H3. The number of hydrogen-bond donors (Lipinski definition) is 1. The summed E-state index contributed by atoms with van der Waals surface area (Å²) in [7, 11) is 0. The van der Waals surface area contributed by atoms with Crippen LogP contribution in [0.15, 0.2) is 46.9 Å². The normalized spacial score (nSPS) is 12.4. The lowest BCUT2D eigenvalue weighted by Gasteiger charge is -2.21. The summed E-state index contributed by atoms with van der Waals surface area (Å²) in [5.41, 5.74) is 5.31. The van der Waals surface area contributed by atoms with Gasteiger partial charge in [0.2, 0.25) is 0 Å². The Hall–Kier alpha value is -1.12. The van der Waals surface area contributed by atoms with Crippen molar-refractivity contribution in [3.05, 3.63) is 69.2 Å². The maximum absolute atomic E-state index is 3.68. The van der Waals surface area contributed by atoms with E-state index < -0.39 is 0 Å². The molecule has 0 aliphatic carbocycles. The predicted molar refractivity (Wildman–Crippen MR) is 90.2 cm³/mol. The van der Waals surface area contributed by atoms with Crippen molar-refractivity contribution in [2.24, 2.45) is 0 Å². The second-order valence-corrected chi connectivity index (χ2v) is 6.11. The van der Waals surface area contributed by atoms with Crippen LogP contribution in [0.3, 0.4) is 0 Å². The van der Waals surface area contributed by atoms with E-state index in [1.165, 1.54) is 22.3 Å². The zero-order chi connectivity index (χ0) is 14.5. The molecule has 0 aromatic heterocycles. The zero-order valence-corrected chi connectivity index (χ0v) is 14.0. The Morgan fingerprint density at radius 3 is 2.45 bits per heavy atom. The average molecular weight is 332 g/mol. The van der Waals surface area contributed by atoms with Gasteiger partial charge in [0, 0.05) is 4.47 Å². The number of nitrogens with one attached hydrogen (secondary N) is 1. The van der Waals surface area contributed by atoms with Crippen molar-refractivity contribution in [3.63, 3.8) is 0 Å². The average Bonchev–Trinajstić information content (AvgIpc) is 2.44. The maximum atomic E-state index is 3.68. The predicted octanol–water partition coefficient (Wildman–Crippen LogP) is 5.15. The molecule has 2 aromatic rings. The largest absolute Gasteiger partial charge is 0.306 e. The number of rotatable bonds is 5. The molecule has 0 aliphatic heterocycles. The van der Waals surface area contributed by atoms with E-state index in [1.807, 2.05) is 0 Å². The first kappa shape index (κ1) is 15.3. The smallest absolute Gasteiger partial charge is 0.0587 e. The first-order chi connectivity index (χ1) is 9.63. The van der Waals surface area contributed by atoms with Crippen molar-refractivity contribution in [2.75, 3.05) is 6.54 Å². The molecule has 0 spiro atoms. The summed E-state index contributed by atoms with van der Waals surface area (Å²) in [6, 6.07) is 15.4. The Morgan fingerprint density at radius 1 is 1.05 bits per heavy atom. The number of benzene rings is 2. The monoisotopic (exact) mass is 331 g/mol. The van der Waals surface area contributed by atoms with Crippen LogP contribution in [0, 0.1) is 13.8 Å². The molecular weight excluding hydrogens is 310 g/mol. The Bertz CT molecular complexity index is 577. The molecule has 0 aliphatic rings. The van der Waals surface area contributed by atoms with Crippen LogP contribution in [0.5, 0.6) is 0 Å². The van der Waals surface area contributed by atoms with E-state index in [9.17, 15) is 0 Å². The number of aryl methyl sites for hydroxylation is 2. The van der Waals surface area contributed by atoms with E-state index in [1.54, 1.807) is 0 Å². The van der Waals surface area contributed by atoms with Gasteiger partial charge in [-0.1, -0.05) is 59.3 Å². The van der Waals surface area contributed by atoms with E-state index in [4.69, 9.17) is 0 Å². The molecule has 1 unspecified atom stereocenters. The lowest BCUT2D eigenvalue weighted by atomic mass is 9.95. The van der Waals surface area contributed by atoms with E-state index in [0.717, 1.165) is 17.4 Å². The van der Waals surface area contributed by atoms with Gasteiger partial charge >= 0.3 is 0 Å². The molecule has 0 saturated carbocycles. The Labute approximate surface area is 130 Å². The minimum atomic E-state index is 0.241. The minimum absolute atomic E-state index is 0.241. The van der Waals surface area contributed by atoms with E-state index in [-0.39, 0.29) is 6.04 Å². The van der Waals surface area contributed by atoms with E-state index >= 15 is 0 Å². The van der Waals surface area contributed by atoms with Gasteiger partial charge in [0.25, 0.3) is 0 Å². The highest BCUT2D eigenvalue weighted by atomic mass is 79.9. The van der Waals surface area contributed by atoms with Gasteiger partial charge in [-0.3, -0.25) is 0 Å². The Kier molecular flexibility index (Phi) is 5.38. The van der Waals surface area contributed by atoms with E-state index in [0.29, 0.717) is 0 Å². The molecule has 20 heavy (non-hydrogen) atoms. The van der Waals surface area contributed by atoms with Crippen molar-refractivity contribution < 1.29 is 0 Å². The second kappa shape index (κ2) is 7.05. The van der Waals surface area contributed by atoms with Crippen molar-refractivity contribution >= 4 is 15.9 Å². The quantitative estimate of drug-likeness (QED) is 0.798. The van der Waals surface area contributed by atoms with Gasteiger partial charge < -0.3 is 5.32 Å². The molecule has 0 saturated heterocycles.